The van der Waals surface area contributed by atoms with Gasteiger partial charge in [-0.2, -0.15) is 0 Å². The molecule has 0 unspecified atom stereocenters. The molecule has 0 aliphatic rings. The Labute approximate surface area is 135 Å². The number of carboxylic acid groups (broad SMARTS) is 1. The Kier molecular flexibility index (Phi) is 3.06. The van der Waals surface area contributed by atoms with Crippen LogP contribution in [0.15, 0.2) is 48.8 Å². The van der Waals surface area contributed by atoms with E-state index in [-0.39, 0.29) is 5.56 Å². The van der Waals surface area contributed by atoms with Crippen LogP contribution >= 0.6 is 11.3 Å². The molecule has 0 saturated carbocycles. The van der Waals surface area contributed by atoms with E-state index in [4.69, 9.17) is 9.84 Å². The molecule has 0 saturated heterocycles. The number of hydrogen-bond donors (Lipinski definition) is 1. The smallest absolute Gasteiger partial charge is 0.335 e. The highest BCUT2D eigenvalue weighted by molar-refractivity contribution is 7.20. The fourth-order valence-electron chi connectivity index (χ4n) is 2.51. The molecule has 2 aromatic heterocycles. The normalized spacial score (nSPS) is 11.2. The Hall–Kier alpha value is -2.86. The number of methoxy groups -OCH3 is 1. The van der Waals surface area contributed by atoms with Crippen molar-refractivity contribution in [2.24, 2.45) is 0 Å². The Morgan fingerprint density at radius 2 is 2.00 bits per heavy atom. The van der Waals surface area contributed by atoms with Gasteiger partial charge in [0.2, 0.25) is 0 Å². The second kappa shape index (κ2) is 5.10. The number of nitrogens with zero attached hydrogens (tertiary/aromatic N) is 2. The fraction of sp³-hybridized carbons (Fsp3) is 0.0588. The summed E-state index contributed by atoms with van der Waals surface area (Å²) < 4.78 is 8.05. The van der Waals surface area contributed by atoms with Crippen molar-refractivity contribution in [3.63, 3.8) is 0 Å². The molecule has 0 aliphatic carbocycles. The summed E-state index contributed by atoms with van der Waals surface area (Å²) in [5.74, 6) is -0.119. The van der Waals surface area contributed by atoms with Crippen molar-refractivity contribution >= 4 is 38.3 Å². The van der Waals surface area contributed by atoms with Gasteiger partial charge in [0.25, 0.3) is 0 Å². The van der Waals surface area contributed by atoms with Gasteiger partial charge in [-0.25, -0.2) is 9.78 Å². The first kappa shape index (κ1) is 13.8. The van der Waals surface area contributed by atoms with Crippen LogP contribution in [0.2, 0.25) is 0 Å². The lowest BCUT2D eigenvalue weighted by atomic mass is 10.2. The number of aromatic carboxylic acids is 1. The predicted octanol–water partition coefficient (Wildman–Crippen LogP) is 3.95. The highest BCUT2D eigenvalue weighted by atomic mass is 32.1. The van der Waals surface area contributed by atoms with Gasteiger partial charge in [0.1, 0.15) is 5.75 Å². The summed E-state index contributed by atoms with van der Waals surface area (Å²) in [6, 6.07) is 10.9. The fourth-order valence-corrected chi connectivity index (χ4v) is 3.47. The summed E-state index contributed by atoms with van der Waals surface area (Å²) >= 11 is 1.46. The second-order valence-electron chi connectivity index (χ2n) is 5.14. The lowest BCUT2D eigenvalue weighted by Crippen LogP contribution is -1.94. The average molecular weight is 324 g/mol. The molecule has 5 nitrogen and oxygen atoms in total. The number of hydrogen-bond acceptors (Lipinski definition) is 4. The maximum Gasteiger partial charge on any atom is 0.335 e. The first-order valence-electron chi connectivity index (χ1n) is 6.94. The Morgan fingerprint density at radius 3 is 2.78 bits per heavy atom. The molecule has 0 bridgehead atoms. The Bertz CT molecular complexity index is 1050. The molecular formula is C17H12N2O3S. The predicted molar refractivity (Wildman–Crippen MR) is 90.0 cm³/mol. The minimum Gasteiger partial charge on any atom is -0.497 e. The zero-order valence-electron chi connectivity index (χ0n) is 12.2. The highest BCUT2D eigenvalue weighted by Crippen LogP contribution is 2.29. The van der Waals surface area contributed by atoms with Gasteiger partial charge in [0.15, 0.2) is 5.13 Å². The summed E-state index contributed by atoms with van der Waals surface area (Å²) in [5.41, 5.74) is 1.07. The SMILES string of the molecule is COc1ccc2cn(-c3nc4ccc(C(=O)O)cc4s3)cc2c1. The molecule has 0 fully saturated rings. The van der Waals surface area contributed by atoms with Gasteiger partial charge in [0, 0.05) is 23.2 Å². The molecule has 4 rings (SSSR count). The largest absolute Gasteiger partial charge is 0.497 e. The van der Waals surface area contributed by atoms with Crippen molar-refractivity contribution in [3.05, 3.63) is 54.4 Å². The van der Waals surface area contributed by atoms with Crippen molar-refractivity contribution in [1.29, 1.82) is 0 Å². The van der Waals surface area contributed by atoms with Crippen LogP contribution < -0.4 is 4.74 Å². The number of thiazole rings is 1. The Morgan fingerprint density at radius 1 is 1.17 bits per heavy atom. The van der Waals surface area contributed by atoms with E-state index in [9.17, 15) is 4.79 Å². The second-order valence-corrected chi connectivity index (χ2v) is 6.15. The zero-order chi connectivity index (χ0) is 16.0. The topological polar surface area (TPSA) is 64.4 Å². The quantitative estimate of drug-likeness (QED) is 0.620. The molecule has 23 heavy (non-hydrogen) atoms. The van der Waals surface area contributed by atoms with Crippen LogP contribution in [-0.2, 0) is 0 Å². The van der Waals surface area contributed by atoms with Crippen LogP contribution in [0, 0.1) is 0 Å². The average Bonchev–Trinajstić information content (AvgIpc) is 3.16. The maximum atomic E-state index is 11.1. The van der Waals surface area contributed by atoms with Crippen LogP contribution in [0.4, 0.5) is 0 Å². The molecule has 0 spiro atoms. The third kappa shape index (κ3) is 2.33. The van der Waals surface area contributed by atoms with Gasteiger partial charge in [-0.1, -0.05) is 11.3 Å². The van der Waals surface area contributed by atoms with Crippen LogP contribution in [-0.4, -0.2) is 27.7 Å². The van der Waals surface area contributed by atoms with Gasteiger partial charge in [-0.3, -0.25) is 4.57 Å². The molecule has 6 heteroatoms. The van der Waals surface area contributed by atoms with E-state index in [1.807, 2.05) is 35.2 Å². The van der Waals surface area contributed by atoms with Crippen molar-refractivity contribution < 1.29 is 14.6 Å². The molecule has 1 N–H and O–H groups in total. The molecule has 0 atom stereocenters. The van der Waals surface area contributed by atoms with Gasteiger partial charge in [-0.15, -0.1) is 0 Å². The lowest BCUT2D eigenvalue weighted by molar-refractivity contribution is 0.0697. The van der Waals surface area contributed by atoms with Crippen LogP contribution in [0.5, 0.6) is 5.75 Å². The van der Waals surface area contributed by atoms with Gasteiger partial charge < -0.3 is 9.84 Å². The number of carbonyl (C=O) groups is 1. The van der Waals surface area contributed by atoms with Crippen LogP contribution in [0.1, 0.15) is 10.4 Å². The molecule has 0 amide bonds. The van der Waals surface area contributed by atoms with Gasteiger partial charge in [-0.05, 0) is 36.4 Å². The van der Waals surface area contributed by atoms with Crippen LogP contribution in [0.3, 0.4) is 0 Å². The van der Waals surface area contributed by atoms with E-state index >= 15 is 0 Å². The van der Waals surface area contributed by atoms with Gasteiger partial charge >= 0.3 is 5.97 Å². The standard InChI is InChI=1S/C17H12N2O3S/c1-22-13-4-2-11-8-19(9-12(11)6-13)17-18-14-5-3-10(16(20)21)7-15(14)23-17/h2-9H,1H3,(H,20,21). The monoisotopic (exact) mass is 324 g/mol. The summed E-state index contributed by atoms with van der Waals surface area (Å²) in [6.07, 6.45) is 4.00. The summed E-state index contributed by atoms with van der Waals surface area (Å²) in [6.45, 7) is 0. The number of fused-ring (bicyclic) bond motifs is 2. The first-order chi connectivity index (χ1) is 11.1. The van der Waals surface area contributed by atoms with Crippen LogP contribution in [0.25, 0.3) is 26.1 Å². The minimum absolute atomic E-state index is 0.273. The van der Waals surface area contributed by atoms with Crippen molar-refractivity contribution in [3.8, 4) is 10.9 Å². The molecule has 4 aromatic rings. The van der Waals surface area contributed by atoms with E-state index in [0.717, 1.165) is 31.9 Å². The van der Waals surface area contributed by atoms with E-state index in [1.165, 1.54) is 11.3 Å². The van der Waals surface area contributed by atoms with E-state index < -0.39 is 5.97 Å². The number of carboxylic acids is 1. The lowest BCUT2D eigenvalue weighted by Gasteiger charge is -1.97. The van der Waals surface area contributed by atoms with Gasteiger partial charge in [0.05, 0.1) is 22.9 Å². The molecule has 114 valence electrons. The first-order valence-corrected chi connectivity index (χ1v) is 7.76. The number of aromatic nitrogens is 2. The molecule has 2 aromatic carbocycles. The Balaban J connectivity index is 1.83. The zero-order valence-corrected chi connectivity index (χ0v) is 13.0. The number of ether oxygens (including phenoxy) is 1. The number of rotatable bonds is 3. The molecule has 2 heterocycles. The molecular weight excluding hydrogens is 312 g/mol. The third-order valence-corrected chi connectivity index (χ3v) is 4.73. The maximum absolute atomic E-state index is 11.1. The van der Waals surface area contributed by atoms with E-state index in [1.54, 1.807) is 25.3 Å². The molecule has 0 aliphatic heterocycles. The summed E-state index contributed by atoms with van der Waals surface area (Å²) in [7, 11) is 1.64. The van der Waals surface area contributed by atoms with E-state index in [2.05, 4.69) is 4.98 Å². The van der Waals surface area contributed by atoms with Crippen molar-refractivity contribution in [2.75, 3.05) is 7.11 Å². The summed E-state index contributed by atoms with van der Waals surface area (Å²) in [4.78, 5) is 15.6. The summed E-state index contributed by atoms with van der Waals surface area (Å²) in [5, 5.41) is 12.0. The van der Waals surface area contributed by atoms with E-state index in [0.29, 0.717) is 0 Å². The highest BCUT2D eigenvalue weighted by Gasteiger charge is 2.10. The third-order valence-electron chi connectivity index (χ3n) is 3.70. The van der Waals surface area contributed by atoms with Crippen molar-refractivity contribution in [1.82, 2.24) is 9.55 Å². The molecule has 0 radical (unpaired) electrons. The minimum atomic E-state index is -0.930. The van der Waals surface area contributed by atoms with Crippen molar-refractivity contribution in [2.45, 2.75) is 0 Å². The number of benzene rings is 2.